The van der Waals surface area contributed by atoms with Crippen LogP contribution in [-0.4, -0.2) is 22.6 Å². The molecule has 1 heterocycles. The molecule has 17 heavy (non-hydrogen) atoms. The van der Waals surface area contributed by atoms with Gasteiger partial charge in [0.25, 0.3) is 0 Å². The summed E-state index contributed by atoms with van der Waals surface area (Å²) in [4.78, 5) is 15.3. The molecule has 0 amide bonds. The molecule has 88 valence electrons. The molecule has 0 fully saturated rings. The van der Waals surface area contributed by atoms with Crippen LogP contribution in [0.4, 0.5) is 0 Å². The summed E-state index contributed by atoms with van der Waals surface area (Å²) in [5.41, 5.74) is 2.99. The van der Waals surface area contributed by atoms with E-state index in [1.165, 1.54) is 13.2 Å². The number of fused-ring (bicyclic) bond motifs is 1. The van der Waals surface area contributed by atoms with E-state index in [9.17, 15) is 4.79 Å². The van der Waals surface area contributed by atoms with Crippen LogP contribution in [-0.2, 0) is 16.1 Å². The molecule has 0 bridgehead atoms. The van der Waals surface area contributed by atoms with Gasteiger partial charge in [-0.3, -0.25) is 0 Å². The summed E-state index contributed by atoms with van der Waals surface area (Å²) in [6, 6.07) is 5.87. The summed E-state index contributed by atoms with van der Waals surface area (Å²) in [6.07, 6.45) is 4.96. The topological polar surface area (TPSA) is 44.1 Å². The Morgan fingerprint density at radius 2 is 2.35 bits per heavy atom. The van der Waals surface area contributed by atoms with Gasteiger partial charge >= 0.3 is 5.97 Å². The summed E-state index contributed by atoms with van der Waals surface area (Å²) in [7, 11) is 1.36. The number of hydrogen-bond donors (Lipinski definition) is 0. The summed E-state index contributed by atoms with van der Waals surface area (Å²) in [6.45, 7) is 2.94. The lowest BCUT2D eigenvalue weighted by Crippen LogP contribution is -1.93. The number of rotatable bonds is 3. The predicted molar refractivity (Wildman–Crippen MR) is 66.5 cm³/mol. The largest absolute Gasteiger partial charge is 0.466 e. The molecule has 0 aliphatic heterocycles. The molecule has 2 rings (SSSR count). The second-order valence-corrected chi connectivity index (χ2v) is 3.64. The number of aromatic nitrogens is 2. The number of hydrogen-bond acceptors (Lipinski definition) is 3. The van der Waals surface area contributed by atoms with Gasteiger partial charge in [0, 0.05) is 12.6 Å². The third kappa shape index (κ3) is 2.36. The minimum Gasteiger partial charge on any atom is -0.466 e. The molecule has 4 nitrogen and oxygen atoms in total. The highest BCUT2D eigenvalue weighted by molar-refractivity contribution is 5.88. The fraction of sp³-hybridized carbons (Fsp3) is 0.231. The van der Waals surface area contributed by atoms with Crippen molar-refractivity contribution < 1.29 is 9.53 Å². The van der Waals surface area contributed by atoms with Crippen LogP contribution in [0.3, 0.4) is 0 Å². The Morgan fingerprint density at radius 1 is 1.53 bits per heavy atom. The molecule has 0 atom stereocenters. The van der Waals surface area contributed by atoms with Crippen molar-refractivity contribution >= 4 is 23.1 Å². The van der Waals surface area contributed by atoms with Crippen LogP contribution in [0.1, 0.15) is 12.5 Å². The van der Waals surface area contributed by atoms with E-state index in [1.54, 1.807) is 6.08 Å². The van der Waals surface area contributed by atoms with Gasteiger partial charge in [0.15, 0.2) is 0 Å². The lowest BCUT2D eigenvalue weighted by Gasteiger charge is -1.99. The molecule has 0 radical (unpaired) electrons. The molecule has 4 heteroatoms. The second kappa shape index (κ2) is 4.82. The summed E-state index contributed by atoms with van der Waals surface area (Å²) in [5.74, 6) is -0.353. The molecule has 1 aromatic heterocycles. The fourth-order valence-electron chi connectivity index (χ4n) is 1.66. The van der Waals surface area contributed by atoms with Crippen LogP contribution in [0.25, 0.3) is 17.1 Å². The van der Waals surface area contributed by atoms with Gasteiger partial charge in [-0.1, -0.05) is 6.07 Å². The van der Waals surface area contributed by atoms with E-state index in [1.807, 2.05) is 24.5 Å². The highest BCUT2D eigenvalue weighted by atomic mass is 16.5. The van der Waals surface area contributed by atoms with Gasteiger partial charge in [-0.2, -0.15) is 0 Å². The van der Waals surface area contributed by atoms with Crippen molar-refractivity contribution in [2.45, 2.75) is 13.5 Å². The first-order valence-electron chi connectivity index (χ1n) is 5.45. The average molecular weight is 230 g/mol. The van der Waals surface area contributed by atoms with Crippen molar-refractivity contribution in [1.82, 2.24) is 9.55 Å². The minimum absolute atomic E-state index is 0.353. The molecule has 2 aromatic rings. The van der Waals surface area contributed by atoms with E-state index in [0.717, 1.165) is 23.1 Å². The first kappa shape index (κ1) is 11.4. The standard InChI is InChI=1S/C13H14N2O2/c1-3-15-9-14-11-6-4-10(8-12(11)15)5-7-13(16)17-2/h4-9H,3H2,1-2H3/b7-5+. The number of ether oxygens (including phenoxy) is 1. The number of esters is 1. The summed E-state index contributed by atoms with van der Waals surface area (Å²) >= 11 is 0. The molecule has 0 aliphatic carbocycles. The van der Waals surface area contributed by atoms with Crippen molar-refractivity contribution in [3.63, 3.8) is 0 Å². The van der Waals surface area contributed by atoms with Crippen LogP contribution in [0.5, 0.6) is 0 Å². The first-order valence-corrected chi connectivity index (χ1v) is 5.45. The highest BCUT2D eigenvalue weighted by Crippen LogP contribution is 2.15. The highest BCUT2D eigenvalue weighted by Gasteiger charge is 2.01. The lowest BCUT2D eigenvalue weighted by molar-refractivity contribution is -0.134. The van der Waals surface area contributed by atoms with Crippen LogP contribution < -0.4 is 0 Å². The Kier molecular flexibility index (Phi) is 3.23. The maximum Gasteiger partial charge on any atom is 0.330 e. The van der Waals surface area contributed by atoms with Gasteiger partial charge in [0.2, 0.25) is 0 Å². The van der Waals surface area contributed by atoms with E-state index < -0.39 is 0 Å². The van der Waals surface area contributed by atoms with E-state index in [2.05, 4.69) is 21.2 Å². The Morgan fingerprint density at radius 3 is 3.06 bits per heavy atom. The van der Waals surface area contributed by atoms with Crippen molar-refractivity contribution in [3.05, 3.63) is 36.2 Å². The van der Waals surface area contributed by atoms with Gasteiger partial charge in [0.05, 0.1) is 24.5 Å². The molecule has 0 aliphatic rings. The zero-order chi connectivity index (χ0) is 12.3. The molecule has 0 saturated heterocycles. The quantitative estimate of drug-likeness (QED) is 0.600. The van der Waals surface area contributed by atoms with E-state index in [-0.39, 0.29) is 5.97 Å². The number of methoxy groups -OCH3 is 1. The van der Waals surface area contributed by atoms with Crippen molar-refractivity contribution in [1.29, 1.82) is 0 Å². The Labute approximate surface area is 99.5 Å². The normalized spacial score (nSPS) is 11.2. The summed E-state index contributed by atoms with van der Waals surface area (Å²) < 4.78 is 6.61. The molecular formula is C13H14N2O2. The SMILES string of the molecule is CCn1cnc2ccc(/C=C/C(=O)OC)cc21. The van der Waals surface area contributed by atoms with Crippen LogP contribution in [0, 0.1) is 0 Å². The van der Waals surface area contributed by atoms with Gasteiger partial charge in [-0.15, -0.1) is 0 Å². The fourth-order valence-corrected chi connectivity index (χ4v) is 1.66. The monoisotopic (exact) mass is 230 g/mol. The van der Waals surface area contributed by atoms with E-state index in [4.69, 9.17) is 0 Å². The van der Waals surface area contributed by atoms with Crippen molar-refractivity contribution in [3.8, 4) is 0 Å². The number of carbonyl (C=O) groups is 1. The number of carbonyl (C=O) groups excluding carboxylic acids is 1. The van der Waals surface area contributed by atoms with Gasteiger partial charge in [0.1, 0.15) is 0 Å². The maximum atomic E-state index is 11.0. The maximum absolute atomic E-state index is 11.0. The molecular weight excluding hydrogens is 216 g/mol. The van der Waals surface area contributed by atoms with Gasteiger partial charge in [-0.05, 0) is 30.7 Å². The Balaban J connectivity index is 2.36. The van der Waals surface area contributed by atoms with Crippen molar-refractivity contribution in [2.24, 2.45) is 0 Å². The third-order valence-corrected chi connectivity index (χ3v) is 2.60. The Bertz CT molecular complexity index is 570. The van der Waals surface area contributed by atoms with Crippen LogP contribution in [0.15, 0.2) is 30.6 Å². The lowest BCUT2D eigenvalue weighted by atomic mass is 10.2. The van der Waals surface area contributed by atoms with Gasteiger partial charge < -0.3 is 9.30 Å². The molecule has 0 N–H and O–H groups in total. The van der Waals surface area contributed by atoms with Crippen LogP contribution in [0.2, 0.25) is 0 Å². The zero-order valence-electron chi connectivity index (χ0n) is 9.88. The smallest absolute Gasteiger partial charge is 0.330 e. The molecule has 0 unspecified atom stereocenters. The van der Waals surface area contributed by atoms with Crippen molar-refractivity contribution in [2.75, 3.05) is 7.11 Å². The minimum atomic E-state index is -0.353. The number of benzene rings is 1. The van der Waals surface area contributed by atoms with Gasteiger partial charge in [-0.25, -0.2) is 9.78 Å². The zero-order valence-corrected chi connectivity index (χ0v) is 9.88. The van der Waals surface area contributed by atoms with Crippen LogP contribution >= 0.6 is 0 Å². The predicted octanol–water partition coefficient (Wildman–Crippen LogP) is 2.24. The number of nitrogens with zero attached hydrogens (tertiary/aromatic N) is 2. The molecule has 1 aromatic carbocycles. The Hall–Kier alpha value is -2.10. The molecule has 0 saturated carbocycles. The first-order chi connectivity index (χ1) is 8.24. The number of aryl methyl sites for hydroxylation is 1. The third-order valence-electron chi connectivity index (χ3n) is 2.60. The number of imidazole rings is 1. The second-order valence-electron chi connectivity index (χ2n) is 3.64. The summed E-state index contributed by atoms with van der Waals surface area (Å²) in [5, 5.41) is 0. The average Bonchev–Trinajstić information content (AvgIpc) is 2.78. The van der Waals surface area contributed by atoms with E-state index in [0.29, 0.717) is 0 Å². The molecule has 0 spiro atoms. The van der Waals surface area contributed by atoms with E-state index >= 15 is 0 Å².